The number of carbonyl (C=O) groups excluding carboxylic acids is 1. The molecule has 1 heterocycles. The van der Waals surface area contributed by atoms with Crippen molar-refractivity contribution in [2.24, 2.45) is 4.99 Å². The van der Waals surface area contributed by atoms with Crippen LogP contribution in [-0.4, -0.2) is 41.0 Å². The first kappa shape index (κ1) is 20.3. The summed E-state index contributed by atoms with van der Waals surface area (Å²) in [7, 11) is 1.48. The van der Waals surface area contributed by atoms with Gasteiger partial charge in [-0.15, -0.1) is 0 Å². The van der Waals surface area contributed by atoms with Gasteiger partial charge in [0, 0.05) is 6.07 Å². The lowest BCUT2D eigenvalue weighted by atomic mass is 10.2. The number of aliphatic carboxylic acids is 1. The lowest BCUT2D eigenvalue weighted by Crippen LogP contribution is -2.19. The lowest BCUT2D eigenvalue weighted by molar-refractivity contribution is -0.137. The fraction of sp³-hybridized carbons (Fsp3) is 0.150. The molecule has 1 aliphatic rings. The maximum atomic E-state index is 12.2. The van der Waals surface area contributed by atoms with E-state index in [1.165, 1.54) is 31.0 Å². The van der Waals surface area contributed by atoms with Gasteiger partial charge in [0.2, 0.25) is 0 Å². The first-order valence-corrected chi connectivity index (χ1v) is 9.37. The predicted octanol–water partition coefficient (Wildman–Crippen LogP) is 3.15. The van der Waals surface area contributed by atoms with Gasteiger partial charge in [0.25, 0.3) is 5.91 Å². The Kier molecular flexibility index (Phi) is 6.40. The number of carbonyl (C=O) groups is 2. The molecular formula is C20H18N2O6S. The molecule has 1 amide bonds. The molecule has 3 N–H and O–H groups in total. The molecule has 0 bridgehead atoms. The molecule has 2 aromatic carbocycles. The van der Waals surface area contributed by atoms with E-state index in [1.54, 1.807) is 36.4 Å². The zero-order valence-corrected chi connectivity index (χ0v) is 16.2. The SMILES string of the molecule is COc1cc(/C=C2/SC(=Nc3cccc(O)c3)NC2=O)ccc1OCCC(=O)O. The van der Waals surface area contributed by atoms with Crippen LogP contribution in [-0.2, 0) is 9.59 Å². The van der Waals surface area contributed by atoms with Crippen LogP contribution in [0.1, 0.15) is 12.0 Å². The Balaban J connectivity index is 1.75. The van der Waals surface area contributed by atoms with E-state index in [2.05, 4.69) is 10.3 Å². The zero-order valence-electron chi connectivity index (χ0n) is 15.4. The molecule has 0 spiro atoms. The highest BCUT2D eigenvalue weighted by Gasteiger charge is 2.24. The molecule has 2 aromatic rings. The molecule has 0 aliphatic carbocycles. The van der Waals surface area contributed by atoms with Crippen molar-refractivity contribution >= 4 is 40.6 Å². The number of ether oxygens (including phenoxy) is 2. The molecule has 1 aliphatic heterocycles. The summed E-state index contributed by atoms with van der Waals surface area (Å²) in [4.78, 5) is 27.6. The zero-order chi connectivity index (χ0) is 20.8. The predicted molar refractivity (Wildman–Crippen MR) is 110 cm³/mol. The summed E-state index contributed by atoms with van der Waals surface area (Å²) < 4.78 is 10.7. The van der Waals surface area contributed by atoms with Crippen molar-refractivity contribution in [1.29, 1.82) is 0 Å². The minimum Gasteiger partial charge on any atom is -0.508 e. The van der Waals surface area contributed by atoms with Crippen LogP contribution in [0.25, 0.3) is 6.08 Å². The number of phenolic OH excluding ortho intramolecular Hbond substituents is 1. The highest BCUT2D eigenvalue weighted by atomic mass is 32.2. The van der Waals surface area contributed by atoms with Gasteiger partial charge >= 0.3 is 5.97 Å². The van der Waals surface area contributed by atoms with Gasteiger partial charge in [-0.05, 0) is 47.7 Å². The van der Waals surface area contributed by atoms with Crippen molar-refractivity contribution in [2.45, 2.75) is 6.42 Å². The van der Waals surface area contributed by atoms with E-state index < -0.39 is 5.97 Å². The van der Waals surface area contributed by atoms with E-state index in [0.29, 0.717) is 32.8 Å². The molecular weight excluding hydrogens is 396 g/mol. The quantitative estimate of drug-likeness (QED) is 0.596. The number of nitrogens with one attached hydrogen (secondary N) is 1. The number of carboxylic acids is 1. The minimum atomic E-state index is -0.947. The Labute approximate surface area is 170 Å². The number of carboxylic acid groups (broad SMARTS) is 1. The fourth-order valence-electron chi connectivity index (χ4n) is 2.45. The Bertz CT molecular complexity index is 1000. The number of amides is 1. The van der Waals surface area contributed by atoms with Crippen LogP contribution in [0.4, 0.5) is 5.69 Å². The molecule has 1 saturated heterocycles. The normalized spacial score (nSPS) is 16.1. The fourth-order valence-corrected chi connectivity index (χ4v) is 3.30. The number of benzene rings is 2. The smallest absolute Gasteiger partial charge is 0.306 e. The maximum Gasteiger partial charge on any atom is 0.306 e. The second-order valence-corrected chi connectivity index (χ2v) is 6.93. The van der Waals surface area contributed by atoms with Gasteiger partial charge in [-0.25, -0.2) is 4.99 Å². The van der Waals surface area contributed by atoms with Crippen LogP contribution < -0.4 is 14.8 Å². The number of aliphatic imine (C=N–C) groups is 1. The summed E-state index contributed by atoms with van der Waals surface area (Å²) in [6, 6.07) is 11.5. The summed E-state index contributed by atoms with van der Waals surface area (Å²) in [5, 5.41) is 21.3. The number of amidine groups is 1. The largest absolute Gasteiger partial charge is 0.508 e. The average molecular weight is 414 g/mol. The second-order valence-electron chi connectivity index (χ2n) is 5.90. The van der Waals surface area contributed by atoms with Gasteiger partial charge in [0.1, 0.15) is 5.75 Å². The van der Waals surface area contributed by atoms with Gasteiger partial charge in [0.15, 0.2) is 16.7 Å². The Morgan fingerprint density at radius 3 is 2.79 bits per heavy atom. The van der Waals surface area contributed by atoms with Gasteiger partial charge in [-0.2, -0.15) is 0 Å². The van der Waals surface area contributed by atoms with E-state index >= 15 is 0 Å². The number of methoxy groups -OCH3 is 1. The van der Waals surface area contributed by atoms with E-state index in [4.69, 9.17) is 14.6 Å². The minimum absolute atomic E-state index is 0.0270. The van der Waals surface area contributed by atoms with Crippen LogP contribution in [0.15, 0.2) is 52.4 Å². The number of phenols is 1. The number of thioether (sulfide) groups is 1. The Morgan fingerprint density at radius 2 is 2.07 bits per heavy atom. The van der Waals surface area contributed by atoms with Crippen LogP contribution in [0.5, 0.6) is 17.2 Å². The van der Waals surface area contributed by atoms with Crippen molar-refractivity contribution in [3.8, 4) is 17.2 Å². The average Bonchev–Trinajstić information content (AvgIpc) is 3.01. The number of nitrogens with zero attached hydrogens (tertiary/aromatic N) is 1. The molecule has 1 fully saturated rings. The topological polar surface area (TPSA) is 117 Å². The van der Waals surface area contributed by atoms with Crippen molar-refractivity contribution < 1.29 is 29.3 Å². The van der Waals surface area contributed by atoms with Crippen molar-refractivity contribution in [2.75, 3.05) is 13.7 Å². The number of aromatic hydroxyl groups is 1. The second kappa shape index (κ2) is 9.16. The highest BCUT2D eigenvalue weighted by molar-refractivity contribution is 8.18. The summed E-state index contributed by atoms with van der Waals surface area (Å²) in [5.74, 6) is -0.283. The summed E-state index contributed by atoms with van der Waals surface area (Å²) in [6.45, 7) is 0.0270. The Hall–Kier alpha value is -3.46. The number of hydrogen-bond acceptors (Lipinski definition) is 7. The van der Waals surface area contributed by atoms with Crippen LogP contribution in [0, 0.1) is 0 Å². The van der Waals surface area contributed by atoms with Crippen molar-refractivity contribution in [3.63, 3.8) is 0 Å². The number of hydrogen-bond donors (Lipinski definition) is 3. The molecule has 0 unspecified atom stereocenters. The molecule has 3 rings (SSSR count). The van der Waals surface area contributed by atoms with Gasteiger partial charge in [-0.1, -0.05) is 12.1 Å². The summed E-state index contributed by atoms with van der Waals surface area (Å²) in [5.41, 5.74) is 1.24. The molecule has 0 saturated carbocycles. The first-order chi connectivity index (χ1) is 13.9. The van der Waals surface area contributed by atoms with Crippen molar-refractivity contribution in [1.82, 2.24) is 5.32 Å². The molecule has 150 valence electrons. The number of rotatable bonds is 7. The maximum absolute atomic E-state index is 12.2. The standard InChI is InChI=1S/C20H18N2O6S/c1-27-16-9-12(5-6-15(16)28-8-7-18(24)25)10-17-19(26)22-20(29-17)21-13-3-2-4-14(23)11-13/h2-6,9-11,23H,7-8H2,1H3,(H,24,25)(H,21,22,26)/b17-10+. The molecule has 9 heteroatoms. The third kappa shape index (κ3) is 5.52. The molecule has 0 radical (unpaired) electrons. The molecule has 0 aromatic heterocycles. The van der Waals surface area contributed by atoms with Crippen LogP contribution in [0.3, 0.4) is 0 Å². The molecule has 29 heavy (non-hydrogen) atoms. The van der Waals surface area contributed by atoms with E-state index in [-0.39, 0.29) is 24.7 Å². The van der Waals surface area contributed by atoms with Crippen LogP contribution >= 0.6 is 11.8 Å². The lowest BCUT2D eigenvalue weighted by Gasteiger charge is -2.10. The third-order valence-electron chi connectivity index (χ3n) is 3.77. The van der Waals surface area contributed by atoms with Gasteiger partial charge in [0.05, 0.1) is 30.7 Å². The van der Waals surface area contributed by atoms with Gasteiger partial charge < -0.3 is 25.0 Å². The van der Waals surface area contributed by atoms with E-state index in [0.717, 1.165) is 0 Å². The van der Waals surface area contributed by atoms with Gasteiger partial charge in [-0.3, -0.25) is 9.59 Å². The summed E-state index contributed by atoms with van der Waals surface area (Å²) >= 11 is 1.18. The third-order valence-corrected chi connectivity index (χ3v) is 4.68. The van der Waals surface area contributed by atoms with Crippen molar-refractivity contribution in [3.05, 3.63) is 52.9 Å². The van der Waals surface area contributed by atoms with E-state index in [9.17, 15) is 14.7 Å². The molecule has 8 nitrogen and oxygen atoms in total. The van der Waals surface area contributed by atoms with E-state index in [1.807, 2.05) is 0 Å². The highest BCUT2D eigenvalue weighted by Crippen LogP contribution is 2.32. The van der Waals surface area contributed by atoms with Crippen LogP contribution in [0.2, 0.25) is 0 Å². The first-order valence-electron chi connectivity index (χ1n) is 8.56. The molecule has 0 atom stereocenters. The summed E-state index contributed by atoms with van der Waals surface area (Å²) in [6.07, 6.45) is 1.57. The Morgan fingerprint density at radius 1 is 1.24 bits per heavy atom. The monoisotopic (exact) mass is 414 g/mol.